The number of aryl methyl sites for hydroxylation is 1. The van der Waals surface area contributed by atoms with Crippen molar-refractivity contribution >= 4 is 28.3 Å². The molecule has 3 heterocycles. The van der Waals surface area contributed by atoms with Crippen molar-refractivity contribution in [3.05, 3.63) is 65.2 Å². The van der Waals surface area contributed by atoms with Gasteiger partial charge in [-0.3, -0.25) is 4.79 Å². The number of methoxy groups -OCH3 is 1. The zero-order valence-electron chi connectivity index (χ0n) is 16.6. The number of ether oxygens (including phenoxy) is 1. The maximum Gasteiger partial charge on any atom is 0.254 e. The lowest BCUT2D eigenvalue weighted by Gasteiger charge is -2.19. The maximum absolute atomic E-state index is 13.4. The minimum absolute atomic E-state index is 0.0724. The first-order chi connectivity index (χ1) is 14.1. The van der Waals surface area contributed by atoms with Gasteiger partial charge in [-0.1, -0.05) is 24.3 Å². The molecule has 0 spiro atoms. The summed E-state index contributed by atoms with van der Waals surface area (Å²) in [7, 11) is 3.44. The minimum atomic E-state index is -0.0724. The molecule has 0 saturated heterocycles. The highest BCUT2D eigenvalue weighted by Gasteiger charge is 2.21. The van der Waals surface area contributed by atoms with E-state index in [9.17, 15) is 4.79 Å². The van der Waals surface area contributed by atoms with E-state index in [-0.39, 0.29) is 5.91 Å². The van der Waals surface area contributed by atoms with E-state index in [1.54, 1.807) is 36.6 Å². The van der Waals surface area contributed by atoms with Crippen LogP contribution in [0, 0.1) is 0 Å². The summed E-state index contributed by atoms with van der Waals surface area (Å²) in [4.78, 5) is 20.9. The lowest BCUT2D eigenvalue weighted by Crippen LogP contribution is -2.26. The van der Waals surface area contributed by atoms with Gasteiger partial charge in [0.05, 0.1) is 34.8 Å². The molecule has 0 radical (unpaired) electrons. The highest BCUT2D eigenvalue weighted by molar-refractivity contribution is 7.13. The molecule has 0 saturated carbocycles. The standard InChI is InChI=1S/C22H22N4O2S/c1-4-26-21-17(13-23-26)16(12-18(24-21)20-10-7-11-29-20)22(27)25(2)14-15-8-5-6-9-19(15)28-3/h5-13H,4,14H2,1-3H3. The summed E-state index contributed by atoms with van der Waals surface area (Å²) in [5, 5.41) is 7.19. The molecule has 1 aromatic carbocycles. The van der Waals surface area contributed by atoms with Crippen LogP contribution in [0.1, 0.15) is 22.8 Å². The van der Waals surface area contributed by atoms with Crippen LogP contribution < -0.4 is 4.74 Å². The number of amides is 1. The average Bonchev–Trinajstić information content (AvgIpc) is 3.42. The summed E-state index contributed by atoms with van der Waals surface area (Å²) < 4.78 is 7.25. The second-order valence-electron chi connectivity index (χ2n) is 6.70. The van der Waals surface area contributed by atoms with Gasteiger partial charge in [0.15, 0.2) is 5.65 Å². The normalized spacial score (nSPS) is 11.0. The molecule has 148 valence electrons. The summed E-state index contributed by atoms with van der Waals surface area (Å²) in [6, 6.07) is 13.6. The van der Waals surface area contributed by atoms with E-state index in [1.807, 2.05) is 59.5 Å². The van der Waals surface area contributed by atoms with Crippen LogP contribution in [0.5, 0.6) is 5.75 Å². The Hall–Kier alpha value is -3.19. The zero-order valence-corrected chi connectivity index (χ0v) is 17.4. The Balaban J connectivity index is 1.75. The average molecular weight is 407 g/mol. The van der Waals surface area contributed by atoms with Gasteiger partial charge in [-0.25, -0.2) is 9.67 Å². The Kier molecular flexibility index (Phi) is 5.31. The van der Waals surface area contributed by atoms with Crippen molar-refractivity contribution in [2.45, 2.75) is 20.0 Å². The highest BCUT2D eigenvalue weighted by atomic mass is 32.1. The fourth-order valence-corrected chi connectivity index (χ4v) is 4.06. The van der Waals surface area contributed by atoms with Gasteiger partial charge in [-0.2, -0.15) is 5.10 Å². The third kappa shape index (κ3) is 3.61. The van der Waals surface area contributed by atoms with E-state index in [2.05, 4.69) is 5.10 Å². The molecule has 29 heavy (non-hydrogen) atoms. The van der Waals surface area contributed by atoms with Crippen molar-refractivity contribution in [2.75, 3.05) is 14.2 Å². The van der Waals surface area contributed by atoms with Crippen molar-refractivity contribution < 1.29 is 9.53 Å². The van der Waals surface area contributed by atoms with Crippen molar-refractivity contribution in [2.24, 2.45) is 0 Å². The summed E-state index contributed by atoms with van der Waals surface area (Å²) in [5.74, 6) is 0.696. The molecule has 0 atom stereocenters. The van der Waals surface area contributed by atoms with E-state index in [1.165, 1.54) is 0 Å². The monoisotopic (exact) mass is 406 g/mol. The number of aromatic nitrogens is 3. The van der Waals surface area contributed by atoms with Crippen LogP contribution in [-0.4, -0.2) is 39.7 Å². The van der Waals surface area contributed by atoms with Gasteiger partial charge in [0.25, 0.3) is 5.91 Å². The number of para-hydroxylation sites is 1. The van der Waals surface area contributed by atoms with Crippen LogP contribution in [-0.2, 0) is 13.1 Å². The Morgan fingerprint density at radius 3 is 2.79 bits per heavy atom. The van der Waals surface area contributed by atoms with Gasteiger partial charge in [-0.05, 0) is 30.5 Å². The third-order valence-corrected chi connectivity index (χ3v) is 5.75. The Labute approximate surface area is 173 Å². The molecule has 1 amide bonds. The Morgan fingerprint density at radius 1 is 1.24 bits per heavy atom. The Morgan fingerprint density at radius 2 is 2.07 bits per heavy atom. The van der Waals surface area contributed by atoms with Crippen LogP contribution in [0.25, 0.3) is 21.6 Å². The zero-order chi connectivity index (χ0) is 20.4. The fourth-order valence-electron chi connectivity index (χ4n) is 3.37. The third-order valence-electron chi connectivity index (χ3n) is 4.86. The van der Waals surface area contributed by atoms with Gasteiger partial charge < -0.3 is 9.64 Å². The number of nitrogens with zero attached hydrogens (tertiary/aromatic N) is 4. The number of fused-ring (bicyclic) bond motifs is 1. The van der Waals surface area contributed by atoms with Gasteiger partial charge in [0.2, 0.25) is 0 Å². The van der Waals surface area contributed by atoms with Gasteiger partial charge >= 0.3 is 0 Å². The number of thiophene rings is 1. The van der Waals surface area contributed by atoms with Crippen molar-refractivity contribution in [1.29, 1.82) is 0 Å². The first-order valence-corrected chi connectivity index (χ1v) is 10.3. The van der Waals surface area contributed by atoms with Crippen molar-refractivity contribution in [3.8, 4) is 16.3 Å². The van der Waals surface area contributed by atoms with E-state index in [0.29, 0.717) is 18.7 Å². The molecule has 7 heteroatoms. The number of hydrogen-bond acceptors (Lipinski definition) is 5. The minimum Gasteiger partial charge on any atom is -0.496 e. The molecular weight excluding hydrogens is 384 g/mol. The van der Waals surface area contributed by atoms with Gasteiger partial charge in [0, 0.05) is 25.7 Å². The molecule has 0 aliphatic carbocycles. The quantitative estimate of drug-likeness (QED) is 0.474. The van der Waals surface area contributed by atoms with E-state index >= 15 is 0 Å². The molecule has 0 fully saturated rings. The van der Waals surface area contributed by atoms with Crippen LogP contribution >= 0.6 is 11.3 Å². The molecule has 0 aliphatic heterocycles. The molecule has 6 nitrogen and oxygen atoms in total. The number of hydrogen-bond donors (Lipinski definition) is 0. The molecule has 0 N–H and O–H groups in total. The smallest absolute Gasteiger partial charge is 0.254 e. The van der Waals surface area contributed by atoms with Crippen LogP contribution in [0.3, 0.4) is 0 Å². The molecule has 4 rings (SSSR count). The lowest BCUT2D eigenvalue weighted by atomic mass is 10.1. The second-order valence-corrected chi connectivity index (χ2v) is 7.65. The van der Waals surface area contributed by atoms with Gasteiger partial charge in [0.1, 0.15) is 5.75 Å². The maximum atomic E-state index is 13.4. The molecule has 3 aromatic heterocycles. The van der Waals surface area contributed by atoms with E-state index in [4.69, 9.17) is 9.72 Å². The van der Waals surface area contributed by atoms with Crippen molar-refractivity contribution in [1.82, 2.24) is 19.7 Å². The lowest BCUT2D eigenvalue weighted by molar-refractivity contribution is 0.0786. The topological polar surface area (TPSA) is 60.2 Å². The number of pyridine rings is 1. The first kappa shape index (κ1) is 19.1. The molecule has 4 aromatic rings. The summed E-state index contributed by atoms with van der Waals surface area (Å²) in [6.07, 6.45) is 1.73. The molecule has 0 aliphatic rings. The highest BCUT2D eigenvalue weighted by Crippen LogP contribution is 2.29. The first-order valence-electron chi connectivity index (χ1n) is 9.40. The molecule has 0 unspecified atom stereocenters. The van der Waals surface area contributed by atoms with Crippen LogP contribution in [0.15, 0.2) is 54.0 Å². The molecular formula is C22H22N4O2S. The number of carbonyl (C=O) groups is 1. The Bertz CT molecular complexity index is 1150. The SMILES string of the molecule is CCn1ncc2c(C(=O)N(C)Cc3ccccc3OC)cc(-c3cccs3)nc21. The predicted octanol–water partition coefficient (Wildman–Crippen LogP) is 4.46. The summed E-state index contributed by atoms with van der Waals surface area (Å²) >= 11 is 1.60. The van der Waals surface area contributed by atoms with Gasteiger partial charge in [-0.15, -0.1) is 11.3 Å². The number of carbonyl (C=O) groups excluding carboxylic acids is 1. The van der Waals surface area contributed by atoms with E-state index < -0.39 is 0 Å². The largest absolute Gasteiger partial charge is 0.496 e. The summed E-state index contributed by atoms with van der Waals surface area (Å²) in [5.41, 5.74) is 3.08. The second kappa shape index (κ2) is 8.05. The predicted molar refractivity (Wildman–Crippen MR) is 115 cm³/mol. The van der Waals surface area contributed by atoms with Crippen LogP contribution in [0.2, 0.25) is 0 Å². The summed E-state index contributed by atoms with van der Waals surface area (Å²) in [6.45, 7) is 3.15. The molecule has 0 bridgehead atoms. The van der Waals surface area contributed by atoms with Crippen molar-refractivity contribution in [3.63, 3.8) is 0 Å². The number of benzene rings is 1. The fraction of sp³-hybridized carbons (Fsp3) is 0.227. The number of rotatable bonds is 6. The van der Waals surface area contributed by atoms with E-state index in [0.717, 1.165) is 32.9 Å². The van der Waals surface area contributed by atoms with Crippen LogP contribution in [0.4, 0.5) is 0 Å².